The Kier molecular flexibility index (Phi) is 6.13. The van der Waals surface area contributed by atoms with E-state index in [0.29, 0.717) is 11.5 Å². The normalized spacial score (nSPS) is 29.5. The van der Waals surface area contributed by atoms with Crippen LogP contribution in [0.2, 0.25) is 0 Å². The van der Waals surface area contributed by atoms with Gasteiger partial charge in [0, 0.05) is 18.6 Å². The molecule has 1 N–H and O–H groups in total. The Bertz CT molecular complexity index is 233. The number of likely N-dealkylation sites (N-methyl/N-ethyl adjacent to an activating group) is 1. The topological polar surface area (TPSA) is 15.3 Å². The van der Waals surface area contributed by atoms with Gasteiger partial charge in [-0.15, -0.1) is 0 Å². The van der Waals surface area contributed by atoms with Gasteiger partial charge < -0.3 is 10.2 Å². The van der Waals surface area contributed by atoms with Crippen molar-refractivity contribution in [2.75, 3.05) is 19.6 Å². The molecule has 3 unspecified atom stereocenters. The zero-order chi connectivity index (χ0) is 13.8. The van der Waals surface area contributed by atoms with Crippen LogP contribution in [0.15, 0.2) is 0 Å². The highest BCUT2D eigenvalue weighted by Gasteiger charge is 2.32. The summed E-state index contributed by atoms with van der Waals surface area (Å²) < 4.78 is 0. The van der Waals surface area contributed by atoms with Gasteiger partial charge in [0.1, 0.15) is 0 Å². The molecule has 2 nitrogen and oxygen atoms in total. The van der Waals surface area contributed by atoms with Crippen LogP contribution in [-0.4, -0.2) is 36.6 Å². The zero-order valence-electron chi connectivity index (χ0n) is 13.4. The number of hydrogen-bond acceptors (Lipinski definition) is 2. The minimum absolute atomic E-state index is 0.555. The number of hydrogen-bond donors (Lipinski definition) is 1. The molecule has 1 aliphatic rings. The maximum absolute atomic E-state index is 3.86. The van der Waals surface area contributed by atoms with Gasteiger partial charge in [-0.05, 0) is 50.6 Å². The average Bonchev–Trinajstić information content (AvgIpc) is 2.29. The molecule has 108 valence electrons. The highest BCUT2D eigenvalue weighted by molar-refractivity contribution is 4.88. The van der Waals surface area contributed by atoms with E-state index in [1.807, 2.05) is 0 Å². The van der Waals surface area contributed by atoms with Crippen LogP contribution < -0.4 is 5.32 Å². The second-order valence-corrected chi connectivity index (χ2v) is 7.04. The standard InChI is InChI=1S/C16H34N2/c1-7-18(8-2)12-14(4)17-15-9-10-16(5,6)11-13(15)3/h13-15,17H,7-12H2,1-6H3. The smallest absolute Gasteiger partial charge is 0.0169 e. The van der Waals surface area contributed by atoms with Crippen LogP contribution in [0.3, 0.4) is 0 Å². The lowest BCUT2D eigenvalue weighted by molar-refractivity contribution is 0.136. The predicted molar refractivity (Wildman–Crippen MR) is 81.0 cm³/mol. The van der Waals surface area contributed by atoms with E-state index in [1.165, 1.54) is 25.8 Å². The van der Waals surface area contributed by atoms with Crippen molar-refractivity contribution >= 4 is 0 Å². The zero-order valence-corrected chi connectivity index (χ0v) is 13.4. The Hall–Kier alpha value is -0.0800. The second kappa shape index (κ2) is 6.91. The summed E-state index contributed by atoms with van der Waals surface area (Å²) in [6.45, 7) is 17.6. The summed E-state index contributed by atoms with van der Waals surface area (Å²) in [6.07, 6.45) is 4.08. The lowest BCUT2D eigenvalue weighted by Gasteiger charge is -2.41. The maximum atomic E-state index is 3.86. The molecule has 0 aromatic rings. The molecule has 0 bridgehead atoms. The molecule has 3 atom stereocenters. The van der Waals surface area contributed by atoms with Gasteiger partial charge in [-0.1, -0.05) is 34.6 Å². The molecule has 0 aliphatic heterocycles. The average molecular weight is 254 g/mol. The van der Waals surface area contributed by atoms with Crippen LogP contribution in [0.25, 0.3) is 0 Å². The molecule has 1 saturated carbocycles. The molecule has 1 rings (SSSR count). The third kappa shape index (κ3) is 4.89. The van der Waals surface area contributed by atoms with Crippen molar-refractivity contribution in [3.8, 4) is 0 Å². The van der Waals surface area contributed by atoms with Gasteiger partial charge in [0.15, 0.2) is 0 Å². The molecule has 0 aromatic heterocycles. The van der Waals surface area contributed by atoms with E-state index in [1.54, 1.807) is 0 Å². The Morgan fingerprint density at radius 3 is 2.39 bits per heavy atom. The Labute approximate surface area is 115 Å². The van der Waals surface area contributed by atoms with Gasteiger partial charge in [-0.3, -0.25) is 0 Å². The lowest BCUT2D eigenvalue weighted by Crippen LogP contribution is -2.49. The van der Waals surface area contributed by atoms with E-state index in [2.05, 4.69) is 51.8 Å². The van der Waals surface area contributed by atoms with Crippen molar-refractivity contribution in [3.05, 3.63) is 0 Å². The first-order valence-corrected chi connectivity index (χ1v) is 7.86. The van der Waals surface area contributed by atoms with E-state index < -0.39 is 0 Å². The third-order valence-electron chi connectivity index (χ3n) is 4.62. The van der Waals surface area contributed by atoms with Gasteiger partial charge >= 0.3 is 0 Å². The van der Waals surface area contributed by atoms with Crippen LogP contribution in [-0.2, 0) is 0 Å². The minimum Gasteiger partial charge on any atom is -0.310 e. The molecular weight excluding hydrogens is 220 g/mol. The molecule has 0 heterocycles. The summed E-state index contributed by atoms with van der Waals surface area (Å²) in [4.78, 5) is 2.51. The molecule has 0 spiro atoms. The van der Waals surface area contributed by atoms with Gasteiger partial charge in [0.2, 0.25) is 0 Å². The third-order valence-corrected chi connectivity index (χ3v) is 4.62. The van der Waals surface area contributed by atoms with Crippen molar-refractivity contribution in [2.24, 2.45) is 11.3 Å². The monoisotopic (exact) mass is 254 g/mol. The molecule has 0 amide bonds. The first-order valence-electron chi connectivity index (χ1n) is 7.86. The quantitative estimate of drug-likeness (QED) is 0.780. The Morgan fingerprint density at radius 2 is 1.89 bits per heavy atom. The van der Waals surface area contributed by atoms with Gasteiger partial charge in [0.05, 0.1) is 0 Å². The molecule has 2 heteroatoms. The van der Waals surface area contributed by atoms with E-state index in [4.69, 9.17) is 0 Å². The molecule has 0 radical (unpaired) electrons. The van der Waals surface area contributed by atoms with Gasteiger partial charge in [-0.25, -0.2) is 0 Å². The molecular formula is C16H34N2. The first kappa shape index (κ1) is 16.0. The van der Waals surface area contributed by atoms with E-state index in [0.717, 1.165) is 25.0 Å². The first-order chi connectivity index (χ1) is 8.38. The molecule has 18 heavy (non-hydrogen) atoms. The van der Waals surface area contributed by atoms with E-state index in [9.17, 15) is 0 Å². The van der Waals surface area contributed by atoms with Crippen LogP contribution in [0, 0.1) is 11.3 Å². The highest BCUT2D eigenvalue weighted by Crippen LogP contribution is 2.38. The Balaban J connectivity index is 2.38. The highest BCUT2D eigenvalue weighted by atomic mass is 15.1. The maximum Gasteiger partial charge on any atom is 0.0169 e. The lowest BCUT2D eigenvalue weighted by atomic mass is 9.70. The van der Waals surface area contributed by atoms with Crippen LogP contribution >= 0.6 is 0 Å². The number of nitrogens with zero attached hydrogens (tertiary/aromatic N) is 1. The summed E-state index contributed by atoms with van der Waals surface area (Å²) in [6, 6.07) is 1.34. The summed E-state index contributed by atoms with van der Waals surface area (Å²) >= 11 is 0. The van der Waals surface area contributed by atoms with Gasteiger partial charge in [-0.2, -0.15) is 0 Å². The Morgan fingerprint density at radius 1 is 1.28 bits per heavy atom. The molecule has 1 fully saturated rings. The van der Waals surface area contributed by atoms with E-state index >= 15 is 0 Å². The molecule has 0 saturated heterocycles. The largest absolute Gasteiger partial charge is 0.310 e. The van der Waals surface area contributed by atoms with Crippen molar-refractivity contribution in [1.29, 1.82) is 0 Å². The van der Waals surface area contributed by atoms with Crippen molar-refractivity contribution in [1.82, 2.24) is 10.2 Å². The number of rotatable bonds is 6. The number of nitrogens with one attached hydrogen (secondary N) is 1. The molecule has 0 aromatic carbocycles. The summed E-state index contributed by atoms with van der Waals surface area (Å²) in [7, 11) is 0. The van der Waals surface area contributed by atoms with Crippen LogP contribution in [0.1, 0.15) is 60.8 Å². The summed E-state index contributed by atoms with van der Waals surface area (Å²) in [5.41, 5.74) is 0.555. The predicted octanol–water partition coefficient (Wildman–Crippen LogP) is 3.52. The molecule has 1 aliphatic carbocycles. The van der Waals surface area contributed by atoms with Crippen molar-refractivity contribution < 1.29 is 0 Å². The van der Waals surface area contributed by atoms with Crippen LogP contribution in [0.4, 0.5) is 0 Å². The van der Waals surface area contributed by atoms with Gasteiger partial charge in [0.25, 0.3) is 0 Å². The van der Waals surface area contributed by atoms with Crippen molar-refractivity contribution in [3.63, 3.8) is 0 Å². The van der Waals surface area contributed by atoms with E-state index in [-0.39, 0.29) is 0 Å². The minimum atomic E-state index is 0.555. The fourth-order valence-electron chi connectivity index (χ4n) is 3.48. The fourth-order valence-corrected chi connectivity index (χ4v) is 3.48. The second-order valence-electron chi connectivity index (χ2n) is 7.04. The van der Waals surface area contributed by atoms with Crippen LogP contribution in [0.5, 0.6) is 0 Å². The summed E-state index contributed by atoms with van der Waals surface area (Å²) in [5.74, 6) is 0.813. The SMILES string of the molecule is CCN(CC)CC(C)NC1CCC(C)(C)CC1C. The summed E-state index contributed by atoms with van der Waals surface area (Å²) in [5, 5.41) is 3.86. The fraction of sp³-hybridized carbons (Fsp3) is 1.00. The van der Waals surface area contributed by atoms with Crippen molar-refractivity contribution in [2.45, 2.75) is 72.9 Å².